The molecule has 4 heteroatoms. The van der Waals surface area contributed by atoms with E-state index in [0.717, 1.165) is 31.8 Å². The van der Waals surface area contributed by atoms with E-state index in [1.54, 1.807) is 0 Å². The molecule has 0 heterocycles. The van der Waals surface area contributed by atoms with Crippen molar-refractivity contribution in [1.82, 2.24) is 0 Å². The Kier molecular flexibility index (Phi) is 24.2. The molecule has 0 N–H and O–H groups in total. The summed E-state index contributed by atoms with van der Waals surface area (Å²) < 4.78 is 19.0. The van der Waals surface area contributed by atoms with Gasteiger partial charge in [-0.1, -0.05) is 175 Å². The van der Waals surface area contributed by atoms with Gasteiger partial charge in [-0.2, -0.15) is 0 Å². The van der Waals surface area contributed by atoms with E-state index in [0.29, 0.717) is 0 Å². The molecule has 0 saturated heterocycles. The zero-order chi connectivity index (χ0) is 30.0. The van der Waals surface area contributed by atoms with Crippen LogP contribution in [-0.2, 0) is 14.5 Å². The topological polar surface area (TPSA) is 27.7 Å². The van der Waals surface area contributed by atoms with E-state index in [9.17, 15) is 0 Å². The van der Waals surface area contributed by atoms with Crippen LogP contribution in [0.4, 0.5) is 0 Å². The molecule has 0 aromatic heterocycles. The third-order valence-corrected chi connectivity index (χ3v) is 9.14. The maximum atomic E-state index is 6.47. The lowest BCUT2D eigenvalue weighted by Crippen LogP contribution is -2.13. The van der Waals surface area contributed by atoms with Crippen LogP contribution in [0.5, 0.6) is 5.75 Å². The van der Waals surface area contributed by atoms with E-state index in [1.807, 2.05) is 0 Å². The van der Waals surface area contributed by atoms with Crippen LogP contribution < -0.4 is 4.52 Å². The Bertz CT molecular complexity index is 687. The average Bonchev–Trinajstić information content (AvgIpc) is 2.93. The summed E-state index contributed by atoms with van der Waals surface area (Å²) in [5.74, 6) is 0.918. The monoisotopic (exact) mass is 592 g/mol. The number of unbranched alkanes of at least 4 members (excludes halogenated alkanes) is 20. The lowest BCUT2D eigenvalue weighted by molar-refractivity contribution is 0.197. The largest absolute Gasteiger partial charge is 0.426 e. The molecule has 3 nitrogen and oxygen atoms in total. The van der Waals surface area contributed by atoms with Crippen LogP contribution in [-0.4, -0.2) is 13.2 Å². The first-order valence-electron chi connectivity index (χ1n) is 17.7. The molecule has 0 saturated carbocycles. The van der Waals surface area contributed by atoms with Crippen molar-refractivity contribution in [3.63, 3.8) is 0 Å². The summed E-state index contributed by atoms with van der Waals surface area (Å²) >= 11 is 0. The minimum atomic E-state index is -1.39. The zero-order valence-electron chi connectivity index (χ0n) is 28.4. The van der Waals surface area contributed by atoms with Gasteiger partial charge >= 0.3 is 8.60 Å². The standard InChI is InChI=1S/C37H69O3P/c1-7-9-11-13-15-17-19-21-23-25-27-31-38-41(40-36-33-34(3)29-30-35(36)37(4,5)6)39-32-28-26-24-22-20-18-16-14-12-10-8-2/h29-30,33H,7-28,31-32H2,1-6H3. The third kappa shape index (κ3) is 21.7. The summed E-state index contributed by atoms with van der Waals surface area (Å²) in [6, 6.07) is 6.52. The Hall–Kier alpha value is -0.630. The van der Waals surface area contributed by atoms with E-state index in [4.69, 9.17) is 13.6 Å². The molecule has 1 rings (SSSR count). The van der Waals surface area contributed by atoms with Crippen molar-refractivity contribution in [1.29, 1.82) is 0 Å². The highest BCUT2D eigenvalue weighted by atomic mass is 31.2. The minimum Gasteiger partial charge on any atom is -0.426 e. The van der Waals surface area contributed by atoms with Gasteiger partial charge < -0.3 is 13.6 Å². The molecule has 0 aliphatic rings. The SMILES string of the molecule is CCCCCCCCCCCCCOP(OCCCCCCCCCCCCC)Oc1cc(C)ccc1C(C)(C)C. The molecule has 1 aromatic carbocycles. The van der Waals surface area contributed by atoms with Gasteiger partial charge in [-0.3, -0.25) is 0 Å². The molecule has 240 valence electrons. The van der Waals surface area contributed by atoms with Crippen LogP contribution in [0.1, 0.15) is 187 Å². The van der Waals surface area contributed by atoms with E-state index in [-0.39, 0.29) is 5.41 Å². The van der Waals surface area contributed by atoms with E-state index in [2.05, 4.69) is 59.7 Å². The number of hydrogen-bond donors (Lipinski definition) is 0. The summed E-state index contributed by atoms with van der Waals surface area (Å²) in [7, 11) is -1.39. The van der Waals surface area contributed by atoms with Crippen LogP contribution in [0, 0.1) is 6.92 Å². The summed E-state index contributed by atoms with van der Waals surface area (Å²) in [5, 5.41) is 0. The molecule has 0 radical (unpaired) electrons. The maximum absolute atomic E-state index is 6.47. The average molecular weight is 593 g/mol. The van der Waals surface area contributed by atoms with Crippen LogP contribution in [0.15, 0.2) is 18.2 Å². The van der Waals surface area contributed by atoms with E-state index < -0.39 is 8.60 Å². The molecule has 1 aromatic rings. The number of aryl methyl sites for hydroxylation is 1. The first-order valence-corrected chi connectivity index (χ1v) is 18.8. The number of hydrogen-bond acceptors (Lipinski definition) is 3. The third-order valence-electron chi connectivity index (χ3n) is 8.01. The molecule has 0 spiro atoms. The molecule has 0 unspecified atom stereocenters. The van der Waals surface area contributed by atoms with Gasteiger partial charge in [-0.05, 0) is 36.8 Å². The summed E-state index contributed by atoms with van der Waals surface area (Å²) in [6.07, 6.45) is 29.5. The fourth-order valence-corrected chi connectivity index (χ4v) is 6.35. The lowest BCUT2D eigenvalue weighted by atomic mass is 9.86. The van der Waals surface area contributed by atoms with Gasteiger partial charge in [0.2, 0.25) is 0 Å². The van der Waals surface area contributed by atoms with Gasteiger partial charge in [-0.15, -0.1) is 0 Å². The molecular formula is C37H69O3P. The van der Waals surface area contributed by atoms with Crippen LogP contribution in [0.2, 0.25) is 0 Å². The number of benzene rings is 1. The highest BCUT2D eigenvalue weighted by Crippen LogP contribution is 2.44. The molecular weight excluding hydrogens is 523 g/mol. The smallest absolute Gasteiger partial charge is 0.397 e. The second-order valence-electron chi connectivity index (χ2n) is 13.3. The van der Waals surface area contributed by atoms with Gasteiger partial charge in [-0.25, -0.2) is 0 Å². The normalized spacial score (nSPS) is 12.0. The van der Waals surface area contributed by atoms with Crippen molar-refractivity contribution >= 4 is 8.60 Å². The molecule has 0 aliphatic carbocycles. The Balaban J connectivity index is 2.37. The fraction of sp³-hybridized carbons (Fsp3) is 0.838. The zero-order valence-corrected chi connectivity index (χ0v) is 29.3. The molecule has 0 amide bonds. The maximum Gasteiger partial charge on any atom is 0.397 e. The van der Waals surface area contributed by atoms with Crippen LogP contribution in [0.25, 0.3) is 0 Å². The van der Waals surface area contributed by atoms with Crippen molar-refractivity contribution in [2.24, 2.45) is 0 Å². The van der Waals surface area contributed by atoms with Crippen LogP contribution >= 0.6 is 8.60 Å². The van der Waals surface area contributed by atoms with Crippen LogP contribution in [0.3, 0.4) is 0 Å². The minimum absolute atomic E-state index is 0.00996. The predicted molar refractivity (Wildman–Crippen MR) is 182 cm³/mol. The van der Waals surface area contributed by atoms with Crippen molar-refractivity contribution in [3.05, 3.63) is 29.3 Å². The Morgan fingerprint density at radius 3 is 1.27 bits per heavy atom. The van der Waals surface area contributed by atoms with Gasteiger partial charge in [0.05, 0.1) is 13.2 Å². The van der Waals surface area contributed by atoms with Crippen molar-refractivity contribution in [3.8, 4) is 5.75 Å². The van der Waals surface area contributed by atoms with Gasteiger partial charge in [0, 0.05) is 5.56 Å². The first kappa shape index (κ1) is 38.4. The molecule has 0 bridgehead atoms. The highest BCUT2D eigenvalue weighted by molar-refractivity contribution is 7.42. The van der Waals surface area contributed by atoms with Gasteiger partial charge in [0.15, 0.2) is 0 Å². The Morgan fingerprint density at radius 1 is 0.537 bits per heavy atom. The number of rotatable bonds is 28. The van der Waals surface area contributed by atoms with Crippen molar-refractivity contribution < 1.29 is 13.6 Å². The van der Waals surface area contributed by atoms with Gasteiger partial charge in [0.1, 0.15) is 5.75 Å². The van der Waals surface area contributed by atoms with Crippen molar-refractivity contribution in [2.75, 3.05) is 13.2 Å². The lowest BCUT2D eigenvalue weighted by Gasteiger charge is -2.25. The fourth-order valence-electron chi connectivity index (χ4n) is 5.31. The second kappa shape index (κ2) is 25.8. The summed E-state index contributed by atoms with van der Waals surface area (Å²) in [6.45, 7) is 14.9. The van der Waals surface area contributed by atoms with E-state index >= 15 is 0 Å². The van der Waals surface area contributed by atoms with Crippen molar-refractivity contribution in [2.45, 2.75) is 188 Å². The quantitative estimate of drug-likeness (QED) is 0.0715. The molecule has 0 atom stereocenters. The van der Waals surface area contributed by atoms with Gasteiger partial charge in [0.25, 0.3) is 0 Å². The molecule has 0 fully saturated rings. The van der Waals surface area contributed by atoms with E-state index in [1.165, 1.54) is 140 Å². The summed E-state index contributed by atoms with van der Waals surface area (Å²) in [5.41, 5.74) is 2.43. The molecule has 41 heavy (non-hydrogen) atoms. The second-order valence-corrected chi connectivity index (χ2v) is 14.4. The molecule has 0 aliphatic heterocycles. The first-order chi connectivity index (χ1) is 19.9. The predicted octanol–water partition coefficient (Wildman–Crippen LogP) is 13.6. The highest BCUT2D eigenvalue weighted by Gasteiger charge is 2.23. The summed E-state index contributed by atoms with van der Waals surface area (Å²) in [4.78, 5) is 0. The Labute approximate surface area is 258 Å². The Morgan fingerprint density at radius 2 is 0.902 bits per heavy atom.